The van der Waals surface area contributed by atoms with E-state index in [1.807, 2.05) is 6.92 Å². The quantitative estimate of drug-likeness (QED) is 0.449. The van der Waals surface area contributed by atoms with E-state index < -0.39 is 22.0 Å². The number of unbranched alkanes of at least 4 members (excludes halogenated alkanes) is 1. The zero-order chi connectivity index (χ0) is 12.8. The van der Waals surface area contributed by atoms with Crippen LogP contribution in [0.15, 0.2) is 0 Å². The molecule has 16 heavy (non-hydrogen) atoms. The standard InChI is InChI=1S/C9H16Cl3NO3/c1-3-4-5-16-8(15)13-7(14)9(11,12)6(2)10/h6-7,14H,3-5H2,1-2H3,(H,13,15). The SMILES string of the molecule is CCCCOC(=O)NC(O)C(Cl)(Cl)C(C)Cl. The van der Waals surface area contributed by atoms with Crippen molar-refractivity contribution in [3.8, 4) is 0 Å². The number of ether oxygens (including phenoxy) is 1. The first kappa shape index (κ1) is 16.1. The van der Waals surface area contributed by atoms with Crippen molar-refractivity contribution in [2.24, 2.45) is 0 Å². The summed E-state index contributed by atoms with van der Waals surface area (Å²) in [5.41, 5.74) is 0. The van der Waals surface area contributed by atoms with Gasteiger partial charge in [-0.15, -0.1) is 11.6 Å². The highest BCUT2D eigenvalue weighted by Crippen LogP contribution is 2.31. The first-order chi connectivity index (χ1) is 7.32. The third-order valence-corrected chi connectivity index (χ3v) is 3.52. The zero-order valence-electron chi connectivity index (χ0n) is 9.17. The van der Waals surface area contributed by atoms with E-state index in [1.165, 1.54) is 6.92 Å². The molecule has 0 aliphatic heterocycles. The molecule has 2 unspecified atom stereocenters. The monoisotopic (exact) mass is 291 g/mol. The van der Waals surface area contributed by atoms with E-state index >= 15 is 0 Å². The Bertz CT molecular complexity index is 224. The van der Waals surface area contributed by atoms with E-state index in [1.54, 1.807) is 0 Å². The highest BCUT2D eigenvalue weighted by Gasteiger charge is 2.39. The van der Waals surface area contributed by atoms with Crippen LogP contribution in [-0.2, 0) is 4.74 Å². The van der Waals surface area contributed by atoms with Gasteiger partial charge in [0, 0.05) is 0 Å². The minimum Gasteiger partial charge on any atom is -0.450 e. The second kappa shape index (κ2) is 7.43. The Morgan fingerprint density at radius 2 is 2.12 bits per heavy atom. The molecule has 2 N–H and O–H groups in total. The lowest BCUT2D eigenvalue weighted by molar-refractivity contribution is 0.0887. The summed E-state index contributed by atoms with van der Waals surface area (Å²) in [4.78, 5) is 11.1. The van der Waals surface area contributed by atoms with E-state index in [2.05, 4.69) is 5.32 Å². The van der Waals surface area contributed by atoms with Crippen LogP contribution in [0, 0.1) is 0 Å². The summed E-state index contributed by atoms with van der Waals surface area (Å²) in [7, 11) is 0. The van der Waals surface area contributed by atoms with Crippen LogP contribution in [0.2, 0.25) is 0 Å². The highest BCUT2D eigenvalue weighted by atomic mass is 35.5. The molecule has 0 heterocycles. The molecular formula is C9H16Cl3NO3. The maximum absolute atomic E-state index is 11.1. The van der Waals surface area contributed by atoms with Crippen molar-refractivity contribution in [1.82, 2.24) is 5.32 Å². The number of rotatable bonds is 6. The molecule has 1 amide bonds. The van der Waals surface area contributed by atoms with Crippen LogP contribution in [0.1, 0.15) is 26.7 Å². The topological polar surface area (TPSA) is 58.6 Å². The number of alkyl carbamates (subject to hydrolysis) is 1. The van der Waals surface area contributed by atoms with E-state index in [0.29, 0.717) is 0 Å². The average Bonchev–Trinajstić information content (AvgIpc) is 2.17. The van der Waals surface area contributed by atoms with Gasteiger partial charge in [-0.2, -0.15) is 0 Å². The second-order valence-electron chi connectivity index (χ2n) is 3.33. The van der Waals surface area contributed by atoms with E-state index in [9.17, 15) is 9.90 Å². The smallest absolute Gasteiger partial charge is 0.409 e. The van der Waals surface area contributed by atoms with Gasteiger partial charge in [-0.3, -0.25) is 5.32 Å². The van der Waals surface area contributed by atoms with Gasteiger partial charge in [0.15, 0.2) is 10.6 Å². The Balaban J connectivity index is 4.04. The molecule has 0 radical (unpaired) electrons. The largest absolute Gasteiger partial charge is 0.450 e. The number of aliphatic hydroxyl groups is 1. The number of carbonyl (C=O) groups is 1. The molecule has 4 nitrogen and oxygen atoms in total. The molecule has 0 rings (SSSR count). The van der Waals surface area contributed by atoms with Crippen LogP contribution in [0.4, 0.5) is 4.79 Å². The lowest BCUT2D eigenvalue weighted by Gasteiger charge is -2.28. The molecule has 0 saturated carbocycles. The van der Waals surface area contributed by atoms with Gasteiger partial charge in [-0.1, -0.05) is 36.5 Å². The van der Waals surface area contributed by atoms with Crippen LogP contribution in [-0.4, -0.2) is 33.7 Å². The molecule has 2 atom stereocenters. The minimum absolute atomic E-state index is 0.281. The van der Waals surface area contributed by atoms with E-state index in [-0.39, 0.29) is 6.61 Å². The highest BCUT2D eigenvalue weighted by molar-refractivity contribution is 6.52. The minimum atomic E-state index is -1.66. The predicted octanol–water partition coefficient (Wildman–Crippen LogP) is 2.63. The third-order valence-electron chi connectivity index (χ3n) is 1.88. The van der Waals surface area contributed by atoms with Crippen molar-refractivity contribution in [2.75, 3.05) is 6.61 Å². The van der Waals surface area contributed by atoms with Crippen LogP contribution >= 0.6 is 34.8 Å². The molecule has 0 aromatic heterocycles. The number of nitrogens with one attached hydrogen (secondary N) is 1. The van der Waals surface area contributed by atoms with E-state index in [0.717, 1.165) is 12.8 Å². The number of alkyl halides is 3. The average molecular weight is 293 g/mol. The van der Waals surface area contributed by atoms with Crippen molar-refractivity contribution in [3.05, 3.63) is 0 Å². The summed E-state index contributed by atoms with van der Waals surface area (Å²) in [6, 6.07) is 0. The predicted molar refractivity (Wildman–Crippen MR) is 65.2 cm³/mol. The Labute approximate surface area is 110 Å². The molecule has 0 saturated heterocycles. The van der Waals surface area contributed by atoms with Crippen molar-refractivity contribution < 1.29 is 14.6 Å². The van der Waals surface area contributed by atoms with Crippen molar-refractivity contribution in [2.45, 2.75) is 42.6 Å². The van der Waals surface area contributed by atoms with Crippen LogP contribution < -0.4 is 5.32 Å². The van der Waals surface area contributed by atoms with Crippen LogP contribution in [0.25, 0.3) is 0 Å². The Morgan fingerprint density at radius 3 is 2.56 bits per heavy atom. The van der Waals surface area contributed by atoms with Gasteiger partial charge in [0.05, 0.1) is 12.0 Å². The van der Waals surface area contributed by atoms with Gasteiger partial charge >= 0.3 is 6.09 Å². The summed E-state index contributed by atoms with van der Waals surface area (Å²) >= 11 is 17.1. The molecule has 96 valence electrons. The van der Waals surface area contributed by atoms with Crippen LogP contribution in [0.5, 0.6) is 0 Å². The maximum Gasteiger partial charge on any atom is 0.409 e. The fourth-order valence-electron chi connectivity index (χ4n) is 0.776. The van der Waals surface area contributed by atoms with Crippen molar-refractivity contribution in [3.63, 3.8) is 0 Å². The number of hydrogen-bond acceptors (Lipinski definition) is 3. The fraction of sp³-hybridized carbons (Fsp3) is 0.889. The van der Waals surface area contributed by atoms with Crippen molar-refractivity contribution in [1.29, 1.82) is 0 Å². The molecule has 0 spiro atoms. The summed E-state index contributed by atoms with van der Waals surface area (Å²) in [5, 5.41) is 10.9. The Hall–Kier alpha value is 0.1000. The summed E-state index contributed by atoms with van der Waals surface area (Å²) in [6.07, 6.45) is -0.604. The first-order valence-electron chi connectivity index (χ1n) is 4.95. The maximum atomic E-state index is 11.1. The summed E-state index contributed by atoms with van der Waals surface area (Å²) < 4.78 is 3.10. The number of hydrogen-bond donors (Lipinski definition) is 2. The molecule has 0 aromatic carbocycles. The van der Waals surface area contributed by atoms with Gasteiger partial charge in [0.25, 0.3) is 0 Å². The molecule has 0 aliphatic rings. The molecule has 0 aromatic rings. The Morgan fingerprint density at radius 1 is 1.56 bits per heavy atom. The fourth-order valence-corrected chi connectivity index (χ4v) is 1.00. The lowest BCUT2D eigenvalue weighted by atomic mass is 10.3. The zero-order valence-corrected chi connectivity index (χ0v) is 11.4. The number of halogens is 3. The molecule has 0 bridgehead atoms. The normalized spacial score (nSPS) is 15.4. The molecule has 0 aliphatic carbocycles. The van der Waals surface area contributed by atoms with Crippen molar-refractivity contribution >= 4 is 40.9 Å². The number of amides is 1. The molecule has 0 fully saturated rings. The first-order valence-corrected chi connectivity index (χ1v) is 6.14. The van der Waals surface area contributed by atoms with E-state index in [4.69, 9.17) is 39.5 Å². The van der Waals surface area contributed by atoms with Crippen LogP contribution in [0.3, 0.4) is 0 Å². The van der Waals surface area contributed by atoms with Gasteiger partial charge < -0.3 is 9.84 Å². The third kappa shape index (κ3) is 5.43. The van der Waals surface area contributed by atoms with Gasteiger partial charge in [0.1, 0.15) is 0 Å². The van der Waals surface area contributed by atoms with Gasteiger partial charge in [-0.25, -0.2) is 4.79 Å². The van der Waals surface area contributed by atoms with Gasteiger partial charge in [0.2, 0.25) is 0 Å². The molecule has 7 heteroatoms. The number of aliphatic hydroxyl groups excluding tert-OH is 1. The Kier molecular flexibility index (Phi) is 7.48. The number of carbonyl (C=O) groups excluding carboxylic acids is 1. The second-order valence-corrected chi connectivity index (χ2v) is 5.43. The summed E-state index contributed by atoms with van der Waals surface area (Å²) in [6.45, 7) is 3.76. The van der Waals surface area contributed by atoms with Gasteiger partial charge in [-0.05, 0) is 13.3 Å². The molecular weight excluding hydrogens is 276 g/mol. The lowest BCUT2D eigenvalue weighted by Crippen LogP contribution is -2.50. The summed E-state index contributed by atoms with van der Waals surface area (Å²) in [5.74, 6) is 0.